The highest BCUT2D eigenvalue weighted by atomic mass is 35.5. The summed E-state index contributed by atoms with van der Waals surface area (Å²) >= 11 is 36.0. The molecule has 0 heterocycles. The molecule has 0 aliphatic rings. The van der Waals surface area contributed by atoms with Crippen LogP contribution in [0.25, 0.3) is 0 Å². The summed E-state index contributed by atoms with van der Waals surface area (Å²) < 4.78 is 28.5. The second-order valence-corrected chi connectivity index (χ2v) is 26.0. The number of rotatable bonds is 15. The van der Waals surface area contributed by atoms with Crippen LogP contribution in [0.15, 0.2) is 102 Å². The molecule has 0 amide bonds. The third-order valence-electron chi connectivity index (χ3n) is 6.21. The van der Waals surface area contributed by atoms with Gasteiger partial charge in [-0.25, -0.2) is 0 Å². The topological polar surface area (TPSA) is 69.9 Å². The first-order chi connectivity index (χ1) is 24.3. The van der Waals surface area contributed by atoms with Crippen molar-refractivity contribution in [2.45, 2.75) is 39.5 Å². The van der Waals surface area contributed by atoms with Crippen molar-refractivity contribution in [3.8, 4) is 17.6 Å². The summed E-state index contributed by atoms with van der Waals surface area (Å²) in [5.41, 5.74) is -1.09. The Kier molecular flexibility index (Phi) is 21.5. The minimum Gasteiger partial charge on any atom is -0.442 e. The number of hydrogen-bond acceptors (Lipinski definition) is 10. The molecule has 6 nitrogen and oxygen atoms in total. The minimum atomic E-state index is -2.57. The summed E-state index contributed by atoms with van der Waals surface area (Å²) in [6.07, 6.45) is 1.56. The number of benzene rings is 4. The molecule has 0 bridgehead atoms. The van der Waals surface area contributed by atoms with E-state index in [4.69, 9.17) is 98.1 Å². The van der Waals surface area contributed by atoms with Crippen molar-refractivity contribution in [2.24, 2.45) is 0 Å². The molecule has 276 valence electrons. The Balaban J connectivity index is 0.000000270. The van der Waals surface area contributed by atoms with Crippen LogP contribution in [-0.2, 0) is 49.0 Å². The molecule has 0 aromatic heterocycles. The van der Waals surface area contributed by atoms with Crippen LogP contribution >= 0.6 is 64.6 Å². The van der Waals surface area contributed by atoms with E-state index in [1.54, 1.807) is 41.7 Å². The van der Waals surface area contributed by atoms with Gasteiger partial charge in [-0.1, -0.05) is 108 Å². The standard InChI is InChI=1S/C15H14NO2PS.C10H12Cl3O2PS.C10H15OPS2/c1-2-17-19(20,15-6-4-3-5-7-15)18-14-10-8-13(12-16)9-11-14;1-3-14-16(17,4-2)15-10-6-8(12)7(11)5-9(10)13;1-3-11-12(13,4-2)14-10-8-6-5-7-9-10/h3-11H,2H2,1H3;5-6H,3-4H2,1-2H3;5-9H,3-4H2,1-2H3. The Morgan fingerprint density at radius 2 is 1.20 bits per heavy atom. The molecule has 0 fully saturated rings. The van der Waals surface area contributed by atoms with Crippen LogP contribution in [0.2, 0.25) is 15.1 Å². The van der Waals surface area contributed by atoms with Gasteiger partial charge in [-0.2, -0.15) is 5.26 Å². The zero-order valence-corrected chi connectivity index (χ0v) is 37.1. The van der Waals surface area contributed by atoms with Gasteiger partial charge in [0.05, 0.1) is 39.9 Å². The van der Waals surface area contributed by atoms with Gasteiger partial charge in [0.1, 0.15) is 17.0 Å². The van der Waals surface area contributed by atoms with Crippen LogP contribution in [0.5, 0.6) is 11.5 Å². The van der Waals surface area contributed by atoms with Gasteiger partial charge in [0.2, 0.25) is 6.49 Å². The summed E-state index contributed by atoms with van der Waals surface area (Å²) in [4.78, 5) is 1.21. The first-order valence-corrected chi connectivity index (χ1v) is 26.8. The lowest BCUT2D eigenvalue weighted by Crippen LogP contribution is -2.11. The third-order valence-corrected chi connectivity index (χ3v) is 20.1. The Bertz CT molecular complexity index is 1840. The lowest BCUT2D eigenvalue weighted by molar-refractivity contribution is 0.332. The maximum atomic E-state index is 8.79. The molecule has 16 heteroatoms. The average Bonchev–Trinajstić information content (AvgIpc) is 3.12. The first-order valence-electron chi connectivity index (χ1n) is 15.9. The van der Waals surface area contributed by atoms with Crippen LogP contribution in [0, 0.1) is 11.3 Å². The smallest absolute Gasteiger partial charge is 0.269 e. The van der Waals surface area contributed by atoms with Crippen molar-refractivity contribution in [1.82, 2.24) is 0 Å². The minimum absolute atomic E-state index is 0.375. The third kappa shape index (κ3) is 16.1. The van der Waals surface area contributed by atoms with Crippen molar-refractivity contribution in [1.29, 1.82) is 5.26 Å². The molecule has 0 spiro atoms. The highest BCUT2D eigenvalue weighted by Crippen LogP contribution is 2.62. The first kappa shape index (κ1) is 46.2. The summed E-state index contributed by atoms with van der Waals surface area (Å²) in [5, 5.41) is 10.8. The van der Waals surface area contributed by atoms with Crippen molar-refractivity contribution in [2.75, 3.05) is 32.1 Å². The summed E-state index contributed by atoms with van der Waals surface area (Å²) in [5.74, 6) is 1.03. The van der Waals surface area contributed by atoms with Crippen molar-refractivity contribution >= 4 is 105 Å². The van der Waals surface area contributed by atoms with E-state index in [1.165, 1.54) is 11.0 Å². The van der Waals surface area contributed by atoms with Crippen molar-refractivity contribution in [3.05, 3.63) is 118 Å². The largest absolute Gasteiger partial charge is 0.442 e. The van der Waals surface area contributed by atoms with Gasteiger partial charge < -0.3 is 22.6 Å². The van der Waals surface area contributed by atoms with E-state index >= 15 is 0 Å². The zero-order valence-electron chi connectivity index (χ0n) is 28.9. The molecule has 0 saturated carbocycles. The van der Waals surface area contributed by atoms with Gasteiger partial charge in [0.15, 0.2) is 0 Å². The fourth-order valence-corrected chi connectivity index (χ4v) is 13.3. The van der Waals surface area contributed by atoms with Crippen molar-refractivity contribution in [3.63, 3.8) is 0 Å². The molecule has 0 aliphatic heterocycles. The van der Waals surface area contributed by atoms with Crippen LogP contribution in [0.1, 0.15) is 40.2 Å². The van der Waals surface area contributed by atoms with Gasteiger partial charge in [-0.05, 0) is 99.0 Å². The van der Waals surface area contributed by atoms with Gasteiger partial charge >= 0.3 is 0 Å². The van der Waals surface area contributed by atoms with Crippen LogP contribution < -0.4 is 14.4 Å². The van der Waals surface area contributed by atoms with Gasteiger partial charge in [0.25, 0.3) is 6.49 Å². The Morgan fingerprint density at radius 1 is 0.647 bits per heavy atom. The monoisotopic (exact) mass is 881 g/mol. The van der Waals surface area contributed by atoms with E-state index in [1.807, 2.05) is 76.2 Å². The molecule has 51 heavy (non-hydrogen) atoms. The SMILES string of the molecule is CCOP(=S)(CC)Oc1cc(Cl)c(Cl)cc1Cl.CCOP(=S)(CC)Sc1ccccc1.CCOP(=S)(Oc1ccc(C#N)cc1)c1ccccc1. The maximum absolute atomic E-state index is 8.79. The zero-order chi connectivity index (χ0) is 37.9. The Morgan fingerprint density at radius 3 is 1.71 bits per heavy atom. The average molecular weight is 883 g/mol. The predicted molar refractivity (Wildman–Crippen MR) is 231 cm³/mol. The summed E-state index contributed by atoms with van der Waals surface area (Å²) in [7, 11) is 0. The molecule has 4 aromatic rings. The number of nitriles is 1. The van der Waals surface area contributed by atoms with Crippen LogP contribution in [0.3, 0.4) is 0 Å². The van der Waals surface area contributed by atoms with Crippen molar-refractivity contribution < 1.29 is 22.6 Å². The predicted octanol–water partition coefficient (Wildman–Crippen LogP) is 13.1. The van der Waals surface area contributed by atoms with Crippen LogP contribution in [-0.4, -0.2) is 32.1 Å². The molecular formula is C35H41Cl3NO5P3S4. The number of hydrogen-bond donors (Lipinski definition) is 0. The van der Waals surface area contributed by atoms with E-state index in [0.717, 1.165) is 11.5 Å². The maximum Gasteiger partial charge on any atom is 0.269 e. The molecule has 3 unspecified atom stereocenters. The summed E-state index contributed by atoms with van der Waals surface area (Å²) in [6, 6.07) is 31.9. The number of halogens is 3. The van der Waals surface area contributed by atoms with Crippen LogP contribution in [0.4, 0.5) is 0 Å². The normalized spacial score (nSPS) is 14.1. The molecule has 3 atom stereocenters. The second-order valence-electron chi connectivity index (χ2n) is 9.86. The highest BCUT2D eigenvalue weighted by molar-refractivity contribution is 8.69. The van der Waals surface area contributed by atoms with Gasteiger partial charge in [-0.3, -0.25) is 0 Å². The molecule has 4 aromatic carbocycles. The number of nitrogens with zero attached hydrogens (tertiary/aromatic N) is 1. The fourth-order valence-electron chi connectivity index (χ4n) is 3.79. The van der Waals surface area contributed by atoms with Gasteiger partial charge in [-0.15, -0.1) is 0 Å². The van der Waals surface area contributed by atoms with Gasteiger partial charge in [0, 0.05) is 35.2 Å². The lowest BCUT2D eigenvalue weighted by atomic mass is 10.2. The van der Waals surface area contributed by atoms with E-state index in [2.05, 4.69) is 25.1 Å². The van der Waals surface area contributed by atoms with E-state index in [9.17, 15) is 0 Å². The summed E-state index contributed by atoms with van der Waals surface area (Å²) in [6.45, 7) is 6.59. The lowest BCUT2D eigenvalue weighted by Gasteiger charge is -2.22. The second kappa shape index (κ2) is 23.7. The van der Waals surface area contributed by atoms with E-state index < -0.39 is 18.4 Å². The molecule has 0 N–H and O–H groups in total. The Hall–Kier alpha value is -0.980. The van der Waals surface area contributed by atoms with E-state index in [-0.39, 0.29) is 0 Å². The molecule has 0 radical (unpaired) electrons. The Labute approximate surface area is 337 Å². The quantitative estimate of drug-likeness (QED) is 0.0851. The molecule has 4 rings (SSSR count). The van der Waals surface area contributed by atoms with E-state index in [0.29, 0.717) is 58.1 Å². The fraction of sp³-hybridized carbons (Fsp3) is 0.286. The highest BCUT2D eigenvalue weighted by Gasteiger charge is 2.23. The molecular weight excluding hydrogens is 842 g/mol. The molecule has 0 aliphatic carbocycles. The molecule has 0 saturated heterocycles.